The van der Waals surface area contributed by atoms with Gasteiger partial charge >= 0.3 is 0 Å². The fourth-order valence-electron chi connectivity index (χ4n) is 3.95. The van der Waals surface area contributed by atoms with Crippen molar-refractivity contribution in [1.82, 2.24) is 10.2 Å². The molecule has 1 aromatic carbocycles. The molecule has 1 aromatic rings. The maximum atomic E-state index is 13.8. The summed E-state index contributed by atoms with van der Waals surface area (Å²) in [6.45, 7) is 3.54. The molecule has 1 aliphatic carbocycles. The predicted octanol–water partition coefficient (Wildman–Crippen LogP) is 3.20. The van der Waals surface area contributed by atoms with Crippen molar-refractivity contribution in [3.05, 3.63) is 29.3 Å². The fraction of sp³-hybridized carbons (Fsp3) is 0.647. The van der Waals surface area contributed by atoms with Crippen LogP contribution in [0.1, 0.15) is 43.7 Å². The molecule has 2 aliphatic rings. The summed E-state index contributed by atoms with van der Waals surface area (Å²) in [7, 11) is 0. The topological polar surface area (TPSA) is 35.5 Å². The smallest absolute Gasteiger partial charge is 0.200 e. The third-order valence-corrected chi connectivity index (χ3v) is 5.06. The Hall–Kier alpha value is -1.20. The quantitative estimate of drug-likeness (QED) is 0.900. The summed E-state index contributed by atoms with van der Waals surface area (Å²) in [6, 6.07) is 2.69. The lowest BCUT2D eigenvalue weighted by atomic mass is 9.80. The molecular weight excluding hydrogens is 286 g/mol. The van der Waals surface area contributed by atoms with Gasteiger partial charge in [-0.3, -0.25) is 4.90 Å². The molecule has 3 rings (SSSR count). The van der Waals surface area contributed by atoms with E-state index >= 15 is 0 Å². The number of halogens is 2. The zero-order valence-corrected chi connectivity index (χ0v) is 12.8. The first kappa shape index (κ1) is 15.7. The summed E-state index contributed by atoms with van der Waals surface area (Å²) in [6.07, 6.45) is 5.78. The van der Waals surface area contributed by atoms with Gasteiger partial charge < -0.3 is 10.4 Å². The molecule has 0 amide bonds. The van der Waals surface area contributed by atoms with Gasteiger partial charge in [0.25, 0.3) is 0 Å². The van der Waals surface area contributed by atoms with Crippen LogP contribution in [-0.4, -0.2) is 36.2 Å². The van der Waals surface area contributed by atoms with Crippen LogP contribution in [0.2, 0.25) is 0 Å². The SMILES string of the molecule is Oc1c([C@H](C2CCCCC2)N2CCNCC2)ccc(F)c1F. The van der Waals surface area contributed by atoms with Gasteiger partial charge in [-0.1, -0.05) is 25.3 Å². The molecule has 1 heterocycles. The minimum absolute atomic E-state index is 0.0162. The van der Waals surface area contributed by atoms with E-state index in [4.69, 9.17) is 0 Å². The molecule has 2 N–H and O–H groups in total. The highest BCUT2D eigenvalue weighted by Gasteiger charge is 2.33. The van der Waals surface area contributed by atoms with E-state index in [1.54, 1.807) is 6.07 Å². The minimum Gasteiger partial charge on any atom is -0.505 e. The Balaban J connectivity index is 1.94. The highest BCUT2D eigenvalue weighted by molar-refractivity contribution is 5.37. The Morgan fingerprint density at radius 3 is 2.45 bits per heavy atom. The van der Waals surface area contributed by atoms with Crippen molar-refractivity contribution >= 4 is 0 Å². The van der Waals surface area contributed by atoms with E-state index in [1.165, 1.54) is 19.3 Å². The highest BCUT2D eigenvalue weighted by Crippen LogP contribution is 2.42. The van der Waals surface area contributed by atoms with E-state index in [9.17, 15) is 13.9 Å². The summed E-state index contributed by atoms with van der Waals surface area (Å²) < 4.78 is 27.2. The molecular formula is C17H24F2N2O. The van der Waals surface area contributed by atoms with Gasteiger partial charge in [-0.25, -0.2) is 4.39 Å². The van der Waals surface area contributed by atoms with E-state index in [-0.39, 0.29) is 6.04 Å². The van der Waals surface area contributed by atoms with Crippen LogP contribution in [0.15, 0.2) is 12.1 Å². The average Bonchev–Trinajstić information content (AvgIpc) is 2.57. The average molecular weight is 310 g/mol. The van der Waals surface area contributed by atoms with Crippen molar-refractivity contribution in [2.45, 2.75) is 38.1 Å². The van der Waals surface area contributed by atoms with Crippen LogP contribution in [-0.2, 0) is 0 Å². The molecule has 0 unspecified atom stereocenters. The van der Waals surface area contributed by atoms with E-state index in [1.807, 2.05) is 0 Å². The maximum absolute atomic E-state index is 13.8. The van der Waals surface area contributed by atoms with Gasteiger partial charge in [-0.05, 0) is 24.8 Å². The first-order valence-corrected chi connectivity index (χ1v) is 8.30. The molecule has 1 atom stereocenters. The molecule has 1 aliphatic heterocycles. The Labute approximate surface area is 130 Å². The van der Waals surface area contributed by atoms with Crippen LogP contribution in [0.3, 0.4) is 0 Å². The molecule has 0 spiro atoms. The number of hydrogen-bond acceptors (Lipinski definition) is 3. The van der Waals surface area contributed by atoms with Gasteiger partial charge in [0.2, 0.25) is 5.82 Å². The second-order valence-electron chi connectivity index (χ2n) is 6.43. The van der Waals surface area contributed by atoms with Crippen LogP contribution in [0, 0.1) is 17.6 Å². The number of aromatic hydroxyl groups is 1. The number of nitrogens with one attached hydrogen (secondary N) is 1. The predicted molar refractivity (Wildman–Crippen MR) is 81.8 cm³/mol. The van der Waals surface area contributed by atoms with Crippen molar-refractivity contribution < 1.29 is 13.9 Å². The van der Waals surface area contributed by atoms with Crippen molar-refractivity contribution in [2.24, 2.45) is 5.92 Å². The second kappa shape index (κ2) is 6.92. The maximum Gasteiger partial charge on any atom is 0.200 e. The number of phenolic OH excluding ortho intramolecular Hbond substituents is 1. The van der Waals surface area contributed by atoms with Crippen molar-refractivity contribution in [3.8, 4) is 5.75 Å². The zero-order valence-electron chi connectivity index (χ0n) is 12.8. The fourth-order valence-corrected chi connectivity index (χ4v) is 3.95. The first-order valence-electron chi connectivity index (χ1n) is 8.30. The summed E-state index contributed by atoms with van der Waals surface area (Å²) in [5.74, 6) is -2.20. The van der Waals surface area contributed by atoms with Crippen LogP contribution in [0.4, 0.5) is 8.78 Å². The summed E-state index contributed by atoms with van der Waals surface area (Å²) in [4.78, 5) is 2.32. The lowest BCUT2D eigenvalue weighted by Gasteiger charge is -2.41. The molecule has 0 radical (unpaired) electrons. The van der Waals surface area contributed by atoms with Gasteiger partial charge in [0.05, 0.1) is 0 Å². The van der Waals surface area contributed by atoms with Crippen molar-refractivity contribution in [1.29, 1.82) is 0 Å². The van der Waals surface area contributed by atoms with Gasteiger partial charge in [0, 0.05) is 37.8 Å². The molecule has 22 heavy (non-hydrogen) atoms. The Morgan fingerprint density at radius 2 is 1.77 bits per heavy atom. The molecule has 0 aromatic heterocycles. The molecule has 2 fully saturated rings. The number of nitrogens with zero attached hydrogens (tertiary/aromatic N) is 1. The van der Waals surface area contributed by atoms with Crippen LogP contribution >= 0.6 is 0 Å². The first-order chi connectivity index (χ1) is 10.7. The Kier molecular flexibility index (Phi) is 4.93. The molecule has 5 heteroatoms. The number of rotatable bonds is 3. The standard InChI is InChI=1S/C17H24F2N2O/c18-14-7-6-13(17(22)15(14)19)16(12-4-2-1-3-5-12)21-10-8-20-9-11-21/h6-7,12,16,20,22H,1-5,8-11H2/t16-/m0/s1. The third kappa shape index (κ3) is 3.10. The summed E-state index contributed by atoms with van der Waals surface area (Å²) in [5.41, 5.74) is 0.549. The minimum atomic E-state index is -1.12. The second-order valence-corrected chi connectivity index (χ2v) is 6.43. The summed E-state index contributed by atoms with van der Waals surface area (Å²) >= 11 is 0. The van der Waals surface area contributed by atoms with Gasteiger partial charge in [-0.2, -0.15) is 4.39 Å². The van der Waals surface area contributed by atoms with Crippen LogP contribution in [0.25, 0.3) is 0 Å². The molecule has 122 valence electrons. The third-order valence-electron chi connectivity index (χ3n) is 5.06. The largest absolute Gasteiger partial charge is 0.505 e. The van der Waals surface area contributed by atoms with E-state index in [0.29, 0.717) is 11.5 Å². The highest BCUT2D eigenvalue weighted by atomic mass is 19.2. The van der Waals surface area contributed by atoms with E-state index in [2.05, 4.69) is 10.2 Å². The monoisotopic (exact) mass is 310 g/mol. The number of hydrogen-bond donors (Lipinski definition) is 2. The summed E-state index contributed by atoms with van der Waals surface area (Å²) in [5, 5.41) is 13.5. The lowest BCUT2D eigenvalue weighted by Crippen LogP contribution is -2.47. The van der Waals surface area contributed by atoms with Crippen molar-refractivity contribution in [3.63, 3.8) is 0 Å². The number of phenols is 1. The van der Waals surface area contributed by atoms with Crippen molar-refractivity contribution in [2.75, 3.05) is 26.2 Å². The molecule has 1 saturated heterocycles. The Bertz CT molecular complexity index is 494. The van der Waals surface area contributed by atoms with Gasteiger partial charge in [-0.15, -0.1) is 0 Å². The van der Waals surface area contributed by atoms with E-state index in [0.717, 1.165) is 45.1 Å². The lowest BCUT2D eigenvalue weighted by molar-refractivity contribution is 0.101. The van der Waals surface area contributed by atoms with Gasteiger partial charge in [0.15, 0.2) is 11.6 Å². The number of benzene rings is 1. The number of piperazine rings is 1. The normalized spacial score (nSPS) is 22.6. The van der Waals surface area contributed by atoms with Gasteiger partial charge in [0.1, 0.15) is 0 Å². The van der Waals surface area contributed by atoms with Crippen LogP contribution < -0.4 is 5.32 Å². The molecule has 1 saturated carbocycles. The Morgan fingerprint density at radius 1 is 1.09 bits per heavy atom. The zero-order chi connectivity index (χ0) is 15.5. The van der Waals surface area contributed by atoms with E-state index < -0.39 is 17.4 Å². The molecule has 0 bridgehead atoms. The van der Waals surface area contributed by atoms with Crippen LogP contribution in [0.5, 0.6) is 5.75 Å². The molecule has 3 nitrogen and oxygen atoms in total.